The lowest BCUT2D eigenvalue weighted by molar-refractivity contribution is 0.832. The molecule has 0 amide bonds. The molecule has 0 radical (unpaired) electrons. The minimum atomic E-state index is 0.460. The molecule has 0 unspecified atom stereocenters. The molecule has 0 aliphatic carbocycles. The van der Waals surface area contributed by atoms with Gasteiger partial charge >= 0.3 is 0 Å². The zero-order chi connectivity index (χ0) is 19.6. The molecular weight excluding hydrogens is 380 g/mol. The molecule has 0 spiro atoms. The Morgan fingerprint density at radius 1 is 0.724 bits per heavy atom. The molecule has 0 aliphatic heterocycles. The standard InChI is InChI=1S/C24H17ClN4/c25-23-19(12-7-13-27-23)22-20(18-10-5-2-6-11-18)21-24(28-15-14-26-21)29(22)16-17-8-3-1-4-9-17/h1-15H,16H2. The van der Waals surface area contributed by atoms with Gasteiger partial charge in [-0.1, -0.05) is 72.3 Å². The summed E-state index contributed by atoms with van der Waals surface area (Å²) in [7, 11) is 0. The molecule has 2 aromatic carbocycles. The van der Waals surface area contributed by atoms with E-state index in [2.05, 4.69) is 43.8 Å². The molecule has 0 atom stereocenters. The summed E-state index contributed by atoms with van der Waals surface area (Å²) in [4.78, 5) is 13.7. The number of nitrogens with zero attached hydrogens (tertiary/aromatic N) is 4. The lowest BCUT2D eigenvalue weighted by Crippen LogP contribution is -2.03. The van der Waals surface area contributed by atoms with Crippen molar-refractivity contribution in [3.63, 3.8) is 0 Å². The van der Waals surface area contributed by atoms with Crippen molar-refractivity contribution in [2.45, 2.75) is 6.54 Å². The normalized spacial score (nSPS) is 11.1. The van der Waals surface area contributed by atoms with Gasteiger partial charge in [0, 0.05) is 36.3 Å². The van der Waals surface area contributed by atoms with Gasteiger partial charge in [0.1, 0.15) is 10.7 Å². The zero-order valence-electron chi connectivity index (χ0n) is 15.5. The maximum absolute atomic E-state index is 6.56. The van der Waals surface area contributed by atoms with Crippen molar-refractivity contribution in [1.29, 1.82) is 0 Å². The van der Waals surface area contributed by atoms with Crippen LogP contribution in [0.1, 0.15) is 5.56 Å². The minimum absolute atomic E-state index is 0.460. The van der Waals surface area contributed by atoms with Crippen LogP contribution in [0.25, 0.3) is 33.5 Å². The van der Waals surface area contributed by atoms with Crippen LogP contribution in [0.2, 0.25) is 5.15 Å². The van der Waals surface area contributed by atoms with E-state index in [4.69, 9.17) is 11.6 Å². The first kappa shape index (κ1) is 17.6. The van der Waals surface area contributed by atoms with E-state index in [1.165, 1.54) is 5.56 Å². The lowest BCUT2D eigenvalue weighted by atomic mass is 10.0. The van der Waals surface area contributed by atoms with Crippen molar-refractivity contribution >= 4 is 22.8 Å². The van der Waals surface area contributed by atoms with Crippen LogP contribution in [-0.2, 0) is 6.54 Å². The van der Waals surface area contributed by atoms with Crippen LogP contribution in [-0.4, -0.2) is 19.5 Å². The molecule has 5 heteroatoms. The van der Waals surface area contributed by atoms with Gasteiger partial charge in [0.25, 0.3) is 0 Å². The number of fused-ring (bicyclic) bond motifs is 1. The van der Waals surface area contributed by atoms with Crippen molar-refractivity contribution in [2.75, 3.05) is 0 Å². The molecule has 5 aromatic rings. The van der Waals surface area contributed by atoms with E-state index in [-0.39, 0.29) is 0 Å². The fraction of sp³-hybridized carbons (Fsp3) is 0.0417. The highest BCUT2D eigenvalue weighted by Crippen LogP contribution is 2.41. The first-order valence-electron chi connectivity index (χ1n) is 9.36. The Morgan fingerprint density at radius 2 is 1.45 bits per heavy atom. The number of benzene rings is 2. The molecule has 29 heavy (non-hydrogen) atoms. The highest BCUT2D eigenvalue weighted by atomic mass is 35.5. The van der Waals surface area contributed by atoms with E-state index in [1.807, 2.05) is 48.5 Å². The van der Waals surface area contributed by atoms with Gasteiger partial charge in [-0.15, -0.1) is 0 Å². The first-order valence-corrected chi connectivity index (χ1v) is 9.74. The fourth-order valence-electron chi connectivity index (χ4n) is 3.70. The second-order valence-corrected chi connectivity index (χ2v) is 7.09. The van der Waals surface area contributed by atoms with Gasteiger partial charge < -0.3 is 4.57 Å². The van der Waals surface area contributed by atoms with Crippen molar-refractivity contribution < 1.29 is 0 Å². The van der Waals surface area contributed by atoms with E-state index >= 15 is 0 Å². The maximum Gasteiger partial charge on any atom is 0.160 e. The van der Waals surface area contributed by atoms with Crippen LogP contribution in [0.15, 0.2) is 91.4 Å². The molecule has 140 valence electrons. The van der Waals surface area contributed by atoms with Gasteiger partial charge in [-0.3, -0.25) is 4.98 Å². The molecule has 0 bridgehead atoms. The van der Waals surface area contributed by atoms with E-state index < -0.39 is 0 Å². The number of hydrogen-bond acceptors (Lipinski definition) is 3. The highest BCUT2D eigenvalue weighted by Gasteiger charge is 2.23. The summed E-state index contributed by atoms with van der Waals surface area (Å²) in [6, 6.07) is 24.5. The van der Waals surface area contributed by atoms with Crippen LogP contribution < -0.4 is 0 Å². The molecule has 3 aromatic heterocycles. The number of rotatable bonds is 4. The summed E-state index contributed by atoms with van der Waals surface area (Å²) in [5.74, 6) is 0. The van der Waals surface area contributed by atoms with Gasteiger partial charge in [-0.05, 0) is 23.3 Å². The Hall–Kier alpha value is -3.50. The lowest BCUT2D eigenvalue weighted by Gasteiger charge is -2.13. The Labute approximate surface area is 173 Å². The first-order chi connectivity index (χ1) is 14.3. The highest BCUT2D eigenvalue weighted by molar-refractivity contribution is 6.32. The van der Waals surface area contributed by atoms with Gasteiger partial charge in [0.2, 0.25) is 0 Å². The monoisotopic (exact) mass is 396 g/mol. The van der Waals surface area contributed by atoms with Gasteiger partial charge in [0.15, 0.2) is 5.65 Å². The van der Waals surface area contributed by atoms with Crippen molar-refractivity contribution in [2.24, 2.45) is 0 Å². The Kier molecular flexibility index (Phi) is 4.54. The van der Waals surface area contributed by atoms with E-state index in [9.17, 15) is 0 Å². The number of aromatic nitrogens is 4. The maximum atomic E-state index is 6.56. The number of halogens is 1. The smallest absolute Gasteiger partial charge is 0.160 e. The molecule has 0 aliphatic rings. The van der Waals surface area contributed by atoms with Gasteiger partial charge in [0.05, 0.1) is 5.69 Å². The van der Waals surface area contributed by atoms with Crippen molar-refractivity contribution in [1.82, 2.24) is 19.5 Å². The third kappa shape index (κ3) is 3.18. The second kappa shape index (κ2) is 7.49. The molecule has 4 nitrogen and oxygen atoms in total. The molecule has 3 heterocycles. The summed E-state index contributed by atoms with van der Waals surface area (Å²) in [5.41, 5.74) is 6.77. The predicted molar refractivity (Wildman–Crippen MR) is 117 cm³/mol. The van der Waals surface area contributed by atoms with Crippen LogP contribution in [0, 0.1) is 0 Å². The zero-order valence-corrected chi connectivity index (χ0v) is 16.3. The molecule has 0 N–H and O–H groups in total. The summed E-state index contributed by atoms with van der Waals surface area (Å²) >= 11 is 6.56. The third-order valence-electron chi connectivity index (χ3n) is 4.94. The average Bonchev–Trinajstić information content (AvgIpc) is 3.09. The largest absolute Gasteiger partial charge is 0.319 e. The topological polar surface area (TPSA) is 43.6 Å². The summed E-state index contributed by atoms with van der Waals surface area (Å²) in [5, 5.41) is 0.460. The van der Waals surface area contributed by atoms with Crippen LogP contribution in [0.5, 0.6) is 0 Å². The molecule has 0 saturated carbocycles. The summed E-state index contributed by atoms with van der Waals surface area (Å²) in [6.07, 6.45) is 5.16. The second-order valence-electron chi connectivity index (χ2n) is 6.73. The van der Waals surface area contributed by atoms with Gasteiger partial charge in [-0.25, -0.2) is 9.97 Å². The third-order valence-corrected chi connectivity index (χ3v) is 5.24. The molecule has 5 rings (SSSR count). The van der Waals surface area contributed by atoms with Crippen molar-refractivity contribution in [3.8, 4) is 22.4 Å². The SMILES string of the molecule is Clc1ncccc1-c1c(-c2ccccc2)c2nccnc2n1Cc1ccccc1. The molecule has 0 saturated heterocycles. The van der Waals surface area contributed by atoms with Crippen LogP contribution in [0.4, 0.5) is 0 Å². The van der Waals surface area contributed by atoms with E-state index in [0.717, 1.165) is 33.5 Å². The van der Waals surface area contributed by atoms with Gasteiger partial charge in [-0.2, -0.15) is 0 Å². The average molecular weight is 397 g/mol. The van der Waals surface area contributed by atoms with Crippen LogP contribution >= 0.6 is 11.6 Å². The van der Waals surface area contributed by atoms with Crippen LogP contribution in [0.3, 0.4) is 0 Å². The van der Waals surface area contributed by atoms with Crippen molar-refractivity contribution in [3.05, 3.63) is 102 Å². The summed E-state index contributed by atoms with van der Waals surface area (Å²) < 4.78 is 2.18. The Bertz CT molecular complexity index is 1280. The number of hydrogen-bond donors (Lipinski definition) is 0. The van der Waals surface area contributed by atoms with E-state index in [0.29, 0.717) is 11.7 Å². The number of pyridine rings is 1. The molecule has 0 fully saturated rings. The predicted octanol–water partition coefficient (Wildman–Crippen LogP) is 5.86. The molecular formula is C24H17ClN4. The van der Waals surface area contributed by atoms with E-state index in [1.54, 1.807) is 18.6 Å². The summed E-state index contributed by atoms with van der Waals surface area (Å²) in [6.45, 7) is 0.656. The minimum Gasteiger partial charge on any atom is -0.319 e. The fourth-order valence-corrected chi connectivity index (χ4v) is 3.91. The Balaban J connectivity index is 1.88. The quantitative estimate of drug-likeness (QED) is 0.357. The Morgan fingerprint density at radius 3 is 2.21 bits per heavy atom.